The summed E-state index contributed by atoms with van der Waals surface area (Å²) in [6.45, 7) is 36.8. The van der Waals surface area contributed by atoms with Gasteiger partial charge in [-0.2, -0.15) is 0 Å². The Morgan fingerprint density at radius 2 is 0.774 bits per heavy atom. The van der Waals surface area contributed by atoms with Gasteiger partial charge in [0.1, 0.15) is 0 Å². The zero-order valence-electron chi connectivity index (χ0n) is 24.1. The third-order valence-corrected chi connectivity index (χ3v) is 4.09. The number of hydrogen-bond donors (Lipinski definition) is 1. The Balaban J connectivity index is -0.000000417. The van der Waals surface area contributed by atoms with Crippen LogP contribution in [0.25, 0.3) is 0 Å². The van der Waals surface area contributed by atoms with Crippen molar-refractivity contribution in [2.45, 2.75) is 147 Å². The fourth-order valence-corrected chi connectivity index (χ4v) is 3.08. The van der Waals surface area contributed by atoms with Crippen molar-refractivity contribution in [1.82, 2.24) is 10.2 Å². The van der Waals surface area contributed by atoms with E-state index in [2.05, 4.69) is 88.4 Å². The molecular weight excluding hydrogens is 408 g/mol. The van der Waals surface area contributed by atoms with Crippen LogP contribution in [0.2, 0.25) is 0 Å². The number of nitrogens with zero attached hydrogens (tertiary/aromatic N) is 1. The lowest BCUT2D eigenvalue weighted by Gasteiger charge is -2.48. The molecule has 188 valence electrons. The molecule has 0 aromatic heterocycles. The minimum atomic E-state index is -0.373. The molecule has 0 aliphatic carbocycles. The molecule has 0 fully saturated rings. The third-order valence-electron chi connectivity index (χ3n) is 3.53. The predicted molar refractivity (Wildman–Crippen MR) is 139 cm³/mol. The molecule has 0 aliphatic rings. The van der Waals surface area contributed by atoms with Crippen LogP contribution in [-0.4, -0.2) is 38.2 Å². The lowest BCUT2D eigenvalue weighted by molar-refractivity contribution is -0.151. The van der Waals surface area contributed by atoms with Crippen LogP contribution in [0.3, 0.4) is 0 Å². The van der Waals surface area contributed by atoms with Crippen molar-refractivity contribution in [3.05, 3.63) is 0 Å². The molecule has 31 heavy (non-hydrogen) atoms. The van der Waals surface area contributed by atoms with Gasteiger partial charge in [-0.05, 0) is 94.7 Å². The van der Waals surface area contributed by atoms with E-state index in [4.69, 9.17) is 11.6 Å². The first kappa shape index (κ1) is 35.0. The minimum absolute atomic E-state index is 0.136. The van der Waals surface area contributed by atoms with Gasteiger partial charge in [-0.15, -0.1) is 0 Å². The number of nitrogens with one attached hydrogen (secondary N) is 1. The number of amides is 1. The summed E-state index contributed by atoms with van der Waals surface area (Å²) >= 11 is 5.11. The number of halogens is 1. The van der Waals surface area contributed by atoms with Gasteiger partial charge in [0.15, 0.2) is 0 Å². The van der Waals surface area contributed by atoms with Crippen LogP contribution in [0.4, 0.5) is 0 Å². The molecule has 0 aromatic carbocycles. The fraction of sp³-hybridized carbons (Fsp3) is 0.923. The highest BCUT2D eigenvalue weighted by atomic mass is 35.5. The maximum atomic E-state index is 12.4. The standard InChI is InChI=1S/C13H27NO.C8H19N.C5H9ClO/c1-11(2,3)10(15)14(12(4,5)6)13(7,8)9;1-7(2,3)9-8(4,5)6;1-5(2,3)4(6)7/h1-9H3;9H,1-6H3;1-3H3. The van der Waals surface area contributed by atoms with Gasteiger partial charge in [-0.25, -0.2) is 0 Å². The molecule has 0 rings (SSSR count). The van der Waals surface area contributed by atoms with Crippen molar-refractivity contribution in [2.75, 3.05) is 0 Å². The summed E-state index contributed by atoms with van der Waals surface area (Å²) in [6.07, 6.45) is 0. The number of carbonyl (C=O) groups is 2. The Bertz CT molecular complexity index is 529. The molecule has 0 aliphatic heterocycles. The minimum Gasteiger partial charge on any atom is -0.333 e. The maximum Gasteiger partial charge on any atom is 0.228 e. The Morgan fingerprint density at radius 3 is 0.806 bits per heavy atom. The van der Waals surface area contributed by atoms with Crippen molar-refractivity contribution < 1.29 is 9.59 Å². The summed E-state index contributed by atoms with van der Waals surface area (Å²) in [6, 6.07) is 0. The molecule has 0 bridgehead atoms. The van der Waals surface area contributed by atoms with Crippen molar-refractivity contribution in [3.8, 4) is 0 Å². The second kappa shape index (κ2) is 11.5. The molecule has 1 N–H and O–H groups in total. The number of rotatable bonds is 0. The summed E-state index contributed by atoms with van der Waals surface area (Å²) in [5, 5.41) is 3.17. The van der Waals surface area contributed by atoms with Crippen LogP contribution in [-0.2, 0) is 9.59 Å². The second-order valence-electron chi connectivity index (χ2n) is 14.4. The molecule has 0 saturated heterocycles. The van der Waals surface area contributed by atoms with Gasteiger partial charge in [-0.3, -0.25) is 9.59 Å². The normalized spacial score (nSPS) is 13.4. The third kappa shape index (κ3) is 19.8. The topological polar surface area (TPSA) is 49.4 Å². The molecular formula is C26H55ClN2O2. The van der Waals surface area contributed by atoms with Gasteiger partial charge in [0.05, 0.1) is 0 Å². The molecule has 0 spiro atoms. The van der Waals surface area contributed by atoms with Gasteiger partial charge < -0.3 is 10.2 Å². The van der Waals surface area contributed by atoms with Crippen molar-refractivity contribution in [3.63, 3.8) is 0 Å². The monoisotopic (exact) mass is 462 g/mol. The van der Waals surface area contributed by atoms with Crippen LogP contribution in [0.15, 0.2) is 0 Å². The highest BCUT2D eigenvalue weighted by molar-refractivity contribution is 6.64. The average molecular weight is 463 g/mol. The van der Waals surface area contributed by atoms with E-state index >= 15 is 0 Å². The lowest BCUT2D eigenvalue weighted by atomic mass is 9.87. The quantitative estimate of drug-likeness (QED) is 0.380. The van der Waals surface area contributed by atoms with E-state index in [1.807, 2.05) is 25.7 Å². The van der Waals surface area contributed by atoms with Crippen LogP contribution in [0, 0.1) is 10.8 Å². The van der Waals surface area contributed by atoms with Gasteiger partial charge in [0, 0.05) is 33.0 Å². The average Bonchev–Trinajstić information content (AvgIpc) is 2.28. The first-order valence-corrected chi connectivity index (χ1v) is 11.6. The molecule has 0 radical (unpaired) electrons. The van der Waals surface area contributed by atoms with Crippen LogP contribution < -0.4 is 5.32 Å². The summed E-state index contributed by atoms with van der Waals surface area (Å²) in [7, 11) is 0. The second-order valence-corrected chi connectivity index (χ2v) is 14.7. The highest BCUT2D eigenvalue weighted by Crippen LogP contribution is 2.30. The van der Waals surface area contributed by atoms with E-state index in [0.717, 1.165) is 0 Å². The van der Waals surface area contributed by atoms with E-state index in [1.165, 1.54) is 0 Å². The molecule has 0 atom stereocenters. The number of hydrogen-bond acceptors (Lipinski definition) is 3. The molecule has 0 heterocycles. The first-order valence-electron chi connectivity index (χ1n) is 11.3. The smallest absolute Gasteiger partial charge is 0.228 e. The Hall–Kier alpha value is -0.610. The maximum absolute atomic E-state index is 12.4. The molecule has 0 aromatic rings. The Morgan fingerprint density at radius 1 is 0.548 bits per heavy atom. The lowest BCUT2D eigenvalue weighted by Crippen LogP contribution is -2.58. The molecule has 4 nitrogen and oxygen atoms in total. The van der Waals surface area contributed by atoms with Crippen LogP contribution in [0.1, 0.15) is 125 Å². The summed E-state index contributed by atoms with van der Waals surface area (Å²) in [5.41, 5.74) is -0.496. The Kier molecular flexibility index (Phi) is 13.0. The highest BCUT2D eigenvalue weighted by Gasteiger charge is 2.40. The van der Waals surface area contributed by atoms with Gasteiger partial charge in [-0.1, -0.05) is 41.5 Å². The molecule has 5 heteroatoms. The fourth-order valence-electron chi connectivity index (χ4n) is 3.08. The number of carbonyl (C=O) groups excluding carboxylic acids is 2. The van der Waals surface area contributed by atoms with E-state index in [1.54, 1.807) is 20.8 Å². The van der Waals surface area contributed by atoms with Gasteiger partial charge in [0.2, 0.25) is 11.1 Å². The van der Waals surface area contributed by atoms with Crippen molar-refractivity contribution >= 4 is 22.8 Å². The molecule has 1 amide bonds. The van der Waals surface area contributed by atoms with E-state index in [-0.39, 0.29) is 44.1 Å². The van der Waals surface area contributed by atoms with Crippen LogP contribution >= 0.6 is 11.6 Å². The summed E-state index contributed by atoms with van der Waals surface area (Å²) < 4.78 is 0. The van der Waals surface area contributed by atoms with E-state index in [9.17, 15) is 9.59 Å². The van der Waals surface area contributed by atoms with Crippen LogP contribution in [0.5, 0.6) is 0 Å². The predicted octanol–water partition coefficient (Wildman–Crippen LogP) is 7.43. The molecule has 0 saturated carbocycles. The van der Waals surface area contributed by atoms with Crippen molar-refractivity contribution in [1.29, 1.82) is 0 Å². The van der Waals surface area contributed by atoms with E-state index in [0.29, 0.717) is 0 Å². The summed E-state index contributed by atoms with van der Waals surface area (Å²) in [5.74, 6) is 0.211. The van der Waals surface area contributed by atoms with Gasteiger partial charge in [0.25, 0.3) is 0 Å². The van der Waals surface area contributed by atoms with Crippen molar-refractivity contribution in [2.24, 2.45) is 10.8 Å². The zero-order valence-corrected chi connectivity index (χ0v) is 24.9. The van der Waals surface area contributed by atoms with E-state index < -0.39 is 0 Å². The molecule has 0 unspecified atom stereocenters. The first-order chi connectivity index (χ1) is 12.9. The Labute approximate surface area is 200 Å². The van der Waals surface area contributed by atoms with Gasteiger partial charge >= 0.3 is 0 Å². The zero-order chi connectivity index (χ0) is 26.4. The summed E-state index contributed by atoms with van der Waals surface area (Å²) in [4.78, 5) is 24.6. The SMILES string of the molecule is CC(C)(C)C(=O)Cl.CC(C)(C)C(=O)N(C(C)(C)C)C(C)(C)C.CC(C)(C)NC(C)(C)C. The largest absolute Gasteiger partial charge is 0.333 e.